The summed E-state index contributed by atoms with van der Waals surface area (Å²) in [6.45, 7) is 3.16. The van der Waals surface area contributed by atoms with Crippen LogP contribution in [0.2, 0.25) is 5.02 Å². The molecule has 1 atom stereocenters. The molecule has 21 heavy (non-hydrogen) atoms. The largest absolute Gasteiger partial charge is 0.356 e. The van der Waals surface area contributed by atoms with Crippen LogP contribution in [0.15, 0.2) is 29.3 Å². The fraction of sp³-hybridized carbons (Fsp3) is 0.588. The molecule has 0 bridgehead atoms. The number of aliphatic imine (C=N–C) groups is 1. The molecule has 1 aromatic carbocycles. The molecule has 0 radical (unpaired) electrons. The molecule has 2 fully saturated rings. The van der Waals surface area contributed by atoms with Gasteiger partial charge in [0, 0.05) is 18.6 Å². The molecule has 0 aromatic heterocycles. The van der Waals surface area contributed by atoms with Gasteiger partial charge in [-0.3, -0.25) is 4.99 Å². The summed E-state index contributed by atoms with van der Waals surface area (Å²) in [5.41, 5.74) is 1.68. The molecule has 0 spiro atoms. The van der Waals surface area contributed by atoms with Crippen molar-refractivity contribution in [1.82, 2.24) is 10.6 Å². The van der Waals surface area contributed by atoms with Crippen molar-refractivity contribution in [3.8, 4) is 0 Å². The Morgan fingerprint density at radius 3 is 2.67 bits per heavy atom. The van der Waals surface area contributed by atoms with Gasteiger partial charge >= 0.3 is 0 Å². The number of rotatable bonds is 5. The van der Waals surface area contributed by atoms with Crippen LogP contribution in [0, 0.1) is 11.3 Å². The van der Waals surface area contributed by atoms with Gasteiger partial charge in [-0.05, 0) is 55.6 Å². The summed E-state index contributed by atoms with van der Waals surface area (Å²) in [4.78, 5) is 4.35. The molecular weight excluding hydrogens is 282 g/mol. The topological polar surface area (TPSA) is 36.4 Å². The van der Waals surface area contributed by atoms with E-state index in [4.69, 9.17) is 11.6 Å². The monoisotopic (exact) mass is 305 g/mol. The molecule has 1 aromatic rings. The summed E-state index contributed by atoms with van der Waals surface area (Å²) >= 11 is 6.25. The first-order valence-electron chi connectivity index (χ1n) is 7.86. The first-order valence-corrected chi connectivity index (χ1v) is 8.24. The van der Waals surface area contributed by atoms with Gasteiger partial charge < -0.3 is 10.6 Å². The van der Waals surface area contributed by atoms with Crippen LogP contribution in [-0.2, 0) is 0 Å². The average Bonchev–Trinajstić information content (AvgIpc) is 3.37. The molecule has 0 aliphatic heterocycles. The third kappa shape index (κ3) is 3.34. The molecule has 4 heteroatoms. The molecular formula is C17H24ClN3. The number of hydrogen-bond acceptors (Lipinski definition) is 1. The highest BCUT2D eigenvalue weighted by atomic mass is 35.5. The highest BCUT2D eigenvalue weighted by Gasteiger charge is 2.53. The molecule has 0 amide bonds. The van der Waals surface area contributed by atoms with Crippen LogP contribution in [0.5, 0.6) is 0 Å². The molecule has 114 valence electrons. The highest BCUT2D eigenvalue weighted by Crippen LogP contribution is 2.60. The third-order valence-electron chi connectivity index (χ3n) is 4.89. The minimum Gasteiger partial charge on any atom is -0.356 e. The first-order chi connectivity index (χ1) is 10.1. The van der Waals surface area contributed by atoms with Gasteiger partial charge in [0.1, 0.15) is 0 Å². The minimum absolute atomic E-state index is 0.140. The van der Waals surface area contributed by atoms with Crippen LogP contribution in [-0.4, -0.2) is 19.6 Å². The van der Waals surface area contributed by atoms with E-state index in [2.05, 4.69) is 28.6 Å². The van der Waals surface area contributed by atoms with Crippen molar-refractivity contribution in [2.75, 3.05) is 13.6 Å². The van der Waals surface area contributed by atoms with E-state index < -0.39 is 0 Å². The van der Waals surface area contributed by atoms with Crippen molar-refractivity contribution >= 4 is 17.6 Å². The molecule has 3 rings (SSSR count). The molecule has 2 aliphatic carbocycles. The maximum atomic E-state index is 6.25. The third-order valence-corrected chi connectivity index (χ3v) is 5.24. The zero-order valence-electron chi connectivity index (χ0n) is 12.8. The van der Waals surface area contributed by atoms with Crippen LogP contribution in [0.1, 0.15) is 44.2 Å². The maximum Gasteiger partial charge on any atom is 0.191 e. The van der Waals surface area contributed by atoms with Crippen molar-refractivity contribution < 1.29 is 0 Å². The van der Waals surface area contributed by atoms with Gasteiger partial charge in [-0.15, -0.1) is 0 Å². The fourth-order valence-electron chi connectivity index (χ4n) is 3.15. The van der Waals surface area contributed by atoms with Crippen LogP contribution in [0.4, 0.5) is 0 Å². The number of guanidine groups is 1. The van der Waals surface area contributed by atoms with Crippen molar-refractivity contribution in [1.29, 1.82) is 0 Å². The Balaban J connectivity index is 1.56. The van der Waals surface area contributed by atoms with Crippen LogP contribution in [0.3, 0.4) is 0 Å². The van der Waals surface area contributed by atoms with E-state index in [0.717, 1.165) is 29.0 Å². The van der Waals surface area contributed by atoms with Gasteiger partial charge in [-0.1, -0.05) is 29.8 Å². The Bertz CT molecular complexity index is 533. The second-order valence-corrected chi connectivity index (χ2v) is 6.86. The predicted molar refractivity (Wildman–Crippen MR) is 88.8 cm³/mol. The van der Waals surface area contributed by atoms with Crippen LogP contribution >= 0.6 is 11.6 Å². The quantitative estimate of drug-likeness (QED) is 0.642. The van der Waals surface area contributed by atoms with E-state index in [1.165, 1.54) is 25.7 Å². The summed E-state index contributed by atoms with van der Waals surface area (Å²) < 4.78 is 0. The summed E-state index contributed by atoms with van der Waals surface area (Å²) in [6.07, 6.45) is 5.59. The Morgan fingerprint density at radius 1 is 1.38 bits per heavy atom. The van der Waals surface area contributed by atoms with Gasteiger partial charge in [-0.25, -0.2) is 0 Å². The lowest BCUT2D eigenvalue weighted by Crippen LogP contribution is -2.41. The number of benzene rings is 1. The first kappa shape index (κ1) is 14.7. The van der Waals surface area contributed by atoms with Gasteiger partial charge in [0.05, 0.1) is 6.04 Å². The van der Waals surface area contributed by atoms with Crippen molar-refractivity contribution in [3.63, 3.8) is 0 Å². The van der Waals surface area contributed by atoms with E-state index in [0.29, 0.717) is 5.41 Å². The number of nitrogens with zero attached hydrogens (tertiary/aromatic N) is 1. The van der Waals surface area contributed by atoms with Gasteiger partial charge in [0.15, 0.2) is 5.96 Å². The van der Waals surface area contributed by atoms with Crippen molar-refractivity contribution in [2.45, 2.75) is 38.6 Å². The Kier molecular flexibility index (Phi) is 4.12. The Hall–Kier alpha value is -1.22. The molecule has 2 N–H and O–H groups in total. The van der Waals surface area contributed by atoms with E-state index in [1.807, 2.05) is 25.2 Å². The molecule has 2 saturated carbocycles. The maximum absolute atomic E-state index is 6.25. The zero-order chi connectivity index (χ0) is 14.9. The van der Waals surface area contributed by atoms with Gasteiger partial charge in [0.2, 0.25) is 0 Å². The summed E-state index contributed by atoms with van der Waals surface area (Å²) in [5.74, 6) is 1.83. The SMILES string of the molecule is CN=C(NCC1(C2CC2)CC1)NC(C)c1ccccc1Cl. The molecule has 0 heterocycles. The molecule has 2 aliphatic rings. The minimum atomic E-state index is 0.140. The highest BCUT2D eigenvalue weighted by molar-refractivity contribution is 6.31. The standard InChI is InChI=1S/C17H24ClN3/c1-12(14-5-3-4-6-15(14)18)21-16(19-2)20-11-17(9-10-17)13-7-8-13/h3-6,12-13H,7-11H2,1-2H3,(H2,19,20,21). The summed E-state index contributed by atoms with van der Waals surface area (Å²) in [5, 5.41) is 7.74. The lowest BCUT2D eigenvalue weighted by Gasteiger charge is -2.22. The zero-order valence-corrected chi connectivity index (χ0v) is 13.6. The average molecular weight is 306 g/mol. The Labute approximate surface area is 132 Å². The molecule has 3 nitrogen and oxygen atoms in total. The number of nitrogens with one attached hydrogen (secondary N) is 2. The second kappa shape index (κ2) is 5.88. The lowest BCUT2D eigenvalue weighted by molar-refractivity contribution is 0.430. The molecule has 0 saturated heterocycles. The fourth-order valence-corrected chi connectivity index (χ4v) is 3.45. The Morgan fingerprint density at radius 2 is 2.10 bits per heavy atom. The van der Waals surface area contributed by atoms with Crippen molar-refractivity contribution in [3.05, 3.63) is 34.9 Å². The van der Waals surface area contributed by atoms with Crippen LogP contribution in [0.25, 0.3) is 0 Å². The normalized spacial score (nSPS) is 21.8. The number of halogens is 1. The van der Waals surface area contributed by atoms with Gasteiger partial charge in [0.25, 0.3) is 0 Å². The number of hydrogen-bond donors (Lipinski definition) is 2. The smallest absolute Gasteiger partial charge is 0.191 e. The summed E-state index contributed by atoms with van der Waals surface area (Å²) in [6, 6.07) is 8.10. The van der Waals surface area contributed by atoms with E-state index >= 15 is 0 Å². The van der Waals surface area contributed by atoms with E-state index in [-0.39, 0.29) is 6.04 Å². The lowest BCUT2D eigenvalue weighted by atomic mass is 10.0. The van der Waals surface area contributed by atoms with Crippen molar-refractivity contribution in [2.24, 2.45) is 16.3 Å². The summed E-state index contributed by atoms with van der Waals surface area (Å²) in [7, 11) is 1.82. The van der Waals surface area contributed by atoms with Gasteiger partial charge in [-0.2, -0.15) is 0 Å². The van der Waals surface area contributed by atoms with E-state index in [1.54, 1.807) is 0 Å². The predicted octanol–water partition coefficient (Wildman–Crippen LogP) is 3.76. The molecule has 1 unspecified atom stereocenters. The second-order valence-electron chi connectivity index (χ2n) is 6.45. The van der Waals surface area contributed by atoms with Crippen LogP contribution < -0.4 is 10.6 Å². The van der Waals surface area contributed by atoms with E-state index in [9.17, 15) is 0 Å².